The van der Waals surface area contributed by atoms with E-state index in [9.17, 15) is 31.5 Å². The highest BCUT2D eigenvalue weighted by molar-refractivity contribution is 6.04. The molecule has 9 heteroatoms. The minimum atomic E-state index is -5.05. The topological polar surface area (TPSA) is 46.6 Å². The molecule has 0 radical (unpaired) electrons. The Morgan fingerprint density at radius 3 is 2.38 bits per heavy atom. The van der Waals surface area contributed by atoms with E-state index in [0.717, 1.165) is 0 Å². The normalized spacial score (nSPS) is 18.8. The molecule has 1 aliphatic heterocycles. The van der Waals surface area contributed by atoms with Crippen LogP contribution >= 0.6 is 0 Å². The van der Waals surface area contributed by atoms with Crippen molar-refractivity contribution in [3.63, 3.8) is 0 Å². The Balaban J connectivity index is 2.46. The molecule has 0 unspecified atom stereocenters. The van der Waals surface area contributed by atoms with Crippen LogP contribution in [-0.2, 0) is 9.53 Å². The number of cyclic esters (lactones) is 1. The number of carbonyl (C=O) groups excluding carboxylic acids is 2. The van der Waals surface area contributed by atoms with Gasteiger partial charge in [-0.1, -0.05) is 6.92 Å². The van der Waals surface area contributed by atoms with Crippen molar-refractivity contribution >= 4 is 17.6 Å². The summed E-state index contributed by atoms with van der Waals surface area (Å²) in [5, 5.41) is 0. The quantitative estimate of drug-likeness (QED) is 0.618. The van der Waals surface area contributed by atoms with Gasteiger partial charge in [0.05, 0.1) is 11.6 Å². The number of ether oxygens (including phenoxy) is 1. The van der Waals surface area contributed by atoms with Crippen LogP contribution in [0.4, 0.5) is 26.7 Å². The molecule has 0 bridgehead atoms. The second kappa shape index (κ2) is 6.58. The van der Waals surface area contributed by atoms with E-state index in [1.165, 1.54) is 0 Å². The van der Waals surface area contributed by atoms with Crippen LogP contribution in [0.15, 0.2) is 24.3 Å². The summed E-state index contributed by atoms with van der Waals surface area (Å²) in [5.74, 6) is -3.71. The van der Waals surface area contributed by atoms with Crippen molar-refractivity contribution in [2.45, 2.75) is 25.6 Å². The number of imide groups is 1. The van der Waals surface area contributed by atoms with E-state index in [1.807, 2.05) is 0 Å². The van der Waals surface area contributed by atoms with Gasteiger partial charge < -0.3 is 4.74 Å². The standard InChI is InChI=1S/C15H12F5NO3/c1-2-11-7-24-14(23)21(11)13(22)6-12(15(18,19)20)8-3-9(16)5-10(17)4-8/h3-6,11H,2,7H2,1H3/b12-6+/t11-/m0/s1. The molecular weight excluding hydrogens is 337 g/mol. The maximum absolute atomic E-state index is 13.2. The molecule has 0 saturated carbocycles. The lowest BCUT2D eigenvalue weighted by molar-refractivity contribution is -0.124. The van der Waals surface area contributed by atoms with Gasteiger partial charge in [-0.2, -0.15) is 13.2 Å². The number of hydrogen-bond acceptors (Lipinski definition) is 3. The number of amides is 2. The maximum atomic E-state index is 13.2. The molecule has 0 aliphatic carbocycles. The van der Waals surface area contributed by atoms with Gasteiger partial charge in [0.2, 0.25) is 0 Å². The average molecular weight is 349 g/mol. The number of rotatable bonds is 3. The van der Waals surface area contributed by atoms with Gasteiger partial charge in [0.15, 0.2) is 0 Å². The SMILES string of the molecule is CC[C@H]1COC(=O)N1C(=O)/C=C(\c1cc(F)cc(F)c1)C(F)(F)F. The van der Waals surface area contributed by atoms with Crippen LogP contribution in [0.1, 0.15) is 18.9 Å². The first-order chi connectivity index (χ1) is 11.1. The van der Waals surface area contributed by atoms with Gasteiger partial charge in [-0.3, -0.25) is 4.79 Å². The molecule has 1 fully saturated rings. The summed E-state index contributed by atoms with van der Waals surface area (Å²) >= 11 is 0. The zero-order chi connectivity index (χ0) is 18.1. The zero-order valence-corrected chi connectivity index (χ0v) is 12.4. The van der Waals surface area contributed by atoms with Crippen LogP contribution in [0.3, 0.4) is 0 Å². The van der Waals surface area contributed by atoms with Crippen LogP contribution < -0.4 is 0 Å². The van der Waals surface area contributed by atoms with E-state index in [1.54, 1.807) is 6.92 Å². The van der Waals surface area contributed by atoms with E-state index in [2.05, 4.69) is 4.74 Å². The molecule has 0 spiro atoms. The molecule has 130 valence electrons. The highest BCUT2D eigenvalue weighted by Crippen LogP contribution is 2.35. The molecule has 0 aromatic heterocycles. The minimum Gasteiger partial charge on any atom is -0.447 e. The minimum absolute atomic E-state index is 0.120. The van der Waals surface area contributed by atoms with Gasteiger partial charge in [-0.05, 0) is 24.1 Å². The molecule has 2 amide bonds. The lowest BCUT2D eigenvalue weighted by Crippen LogP contribution is -2.38. The molecule has 24 heavy (non-hydrogen) atoms. The molecule has 0 N–H and O–H groups in total. The van der Waals surface area contributed by atoms with E-state index in [4.69, 9.17) is 0 Å². The van der Waals surface area contributed by atoms with Crippen molar-refractivity contribution in [3.05, 3.63) is 41.5 Å². The molecule has 1 atom stereocenters. The van der Waals surface area contributed by atoms with Crippen LogP contribution in [-0.4, -0.2) is 35.7 Å². The third-order valence-corrected chi connectivity index (χ3v) is 3.42. The Kier molecular flexibility index (Phi) is 4.91. The van der Waals surface area contributed by atoms with Gasteiger partial charge in [0.25, 0.3) is 5.91 Å². The molecule has 1 aliphatic rings. The fraction of sp³-hybridized carbons (Fsp3) is 0.333. The van der Waals surface area contributed by atoms with Gasteiger partial charge in [0, 0.05) is 12.1 Å². The predicted molar refractivity (Wildman–Crippen MR) is 72.7 cm³/mol. The molecule has 4 nitrogen and oxygen atoms in total. The highest BCUT2D eigenvalue weighted by Gasteiger charge is 2.40. The second-order valence-corrected chi connectivity index (χ2v) is 5.06. The van der Waals surface area contributed by atoms with Crippen molar-refractivity contribution in [2.24, 2.45) is 0 Å². The summed E-state index contributed by atoms with van der Waals surface area (Å²) in [5.41, 5.74) is -2.41. The number of nitrogens with zero attached hydrogens (tertiary/aromatic N) is 1. The van der Waals surface area contributed by atoms with E-state index < -0.39 is 47.0 Å². The third kappa shape index (κ3) is 3.72. The monoisotopic (exact) mass is 349 g/mol. The summed E-state index contributed by atoms with van der Waals surface area (Å²) < 4.78 is 70.6. The van der Waals surface area contributed by atoms with E-state index in [-0.39, 0.29) is 12.7 Å². The van der Waals surface area contributed by atoms with E-state index in [0.29, 0.717) is 29.5 Å². The average Bonchev–Trinajstić information content (AvgIpc) is 2.83. The Morgan fingerprint density at radius 1 is 1.29 bits per heavy atom. The van der Waals surface area contributed by atoms with Gasteiger partial charge in [-0.15, -0.1) is 0 Å². The summed E-state index contributed by atoms with van der Waals surface area (Å²) in [4.78, 5) is 24.2. The van der Waals surface area contributed by atoms with Crippen LogP contribution in [0.25, 0.3) is 5.57 Å². The first-order valence-electron chi connectivity index (χ1n) is 6.88. The van der Waals surface area contributed by atoms with Gasteiger partial charge in [-0.25, -0.2) is 18.5 Å². The third-order valence-electron chi connectivity index (χ3n) is 3.42. The maximum Gasteiger partial charge on any atom is 0.417 e. The first kappa shape index (κ1) is 17.9. The summed E-state index contributed by atoms with van der Waals surface area (Å²) in [6.07, 6.45) is -5.68. The number of allylic oxidation sites excluding steroid dienone is 1. The number of benzene rings is 1. The Labute approximate surface area is 133 Å². The number of carbonyl (C=O) groups is 2. The molecule has 1 heterocycles. The van der Waals surface area contributed by atoms with Crippen molar-refractivity contribution < 1.29 is 36.3 Å². The molecular formula is C15H12F5NO3. The molecule has 1 saturated heterocycles. The molecule has 2 rings (SSSR count). The van der Waals surface area contributed by atoms with Gasteiger partial charge in [0.1, 0.15) is 18.2 Å². The highest BCUT2D eigenvalue weighted by atomic mass is 19.4. The smallest absolute Gasteiger partial charge is 0.417 e. The van der Waals surface area contributed by atoms with Crippen molar-refractivity contribution in [3.8, 4) is 0 Å². The first-order valence-corrected chi connectivity index (χ1v) is 6.88. The zero-order valence-electron chi connectivity index (χ0n) is 12.4. The van der Waals surface area contributed by atoms with Crippen molar-refractivity contribution in [2.75, 3.05) is 6.61 Å². The Hall–Kier alpha value is -2.45. The van der Waals surface area contributed by atoms with Crippen LogP contribution in [0.2, 0.25) is 0 Å². The summed E-state index contributed by atoms with van der Waals surface area (Å²) in [6.45, 7) is 1.51. The van der Waals surface area contributed by atoms with Crippen molar-refractivity contribution in [1.29, 1.82) is 0 Å². The fourth-order valence-corrected chi connectivity index (χ4v) is 2.26. The Morgan fingerprint density at radius 2 is 1.88 bits per heavy atom. The Bertz CT molecular complexity index is 679. The van der Waals surface area contributed by atoms with Gasteiger partial charge >= 0.3 is 12.3 Å². The fourth-order valence-electron chi connectivity index (χ4n) is 2.26. The lowest BCUT2D eigenvalue weighted by Gasteiger charge is -2.18. The van der Waals surface area contributed by atoms with E-state index >= 15 is 0 Å². The number of alkyl halides is 3. The second-order valence-electron chi connectivity index (χ2n) is 5.06. The molecule has 1 aromatic carbocycles. The van der Waals surface area contributed by atoms with Crippen LogP contribution in [0, 0.1) is 11.6 Å². The largest absolute Gasteiger partial charge is 0.447 e. The predicted octanol–water partition coefficient (Wildman–Crippen LogP) is 3.67. The number of halogens is 5. The summed E-state index contributed by atoms with van der Waals surface area (Å²) in [7, 11) is 0. The van der Waals surface area contributed by atoms with Crippen molar-refractivity contribution in [1.82, 2.24) is 4.90 Å². The lowest BCUT2D eigenvalue weighted by atomic mass is 10.0. The molecule has 1 aromatic rings. The summed E-state index contributed by atoms with van der Waals surface area (Å²) in [6, 6.07) is 0.620. The number of hydrogen-bond donors (Lipinski definition) is 0. The van der Waals surface area contributed by atoms with Crippen LogP contribution in [0.5, 0.6) is 0 Å².